The summed E-state index contributed by atoms with van der Waals surface area (Å²) in [6, 6.07) is 4.56. The standard InChI is InChI=1S/C17H19N5O4/c23-7-6-10-8-21(9-10)12-3-1-2-11-15(12)17(26)22(20-19-11)13-4-5-14(24)18-16(13)25/h1-3,10,13,23H,4-9H2,(H,18,24,25). The van der Waals surface area contributed by atoms with E-state index in [1.807, 2.05) is 12.1 Å². The number of aromatic nitrogens is 3. The second-order valence-electron chi connectivity index (χ2n) is 6.76. The molecule has 9 nitrogen and oxygen atoms in total. The predicted molar refractivity (Wildman–Crippen MR) is 92.6 cm³/mol. The Kier molecular flexibility index (Phi) is 4.15. The van der Waals surface area contributed by atoms with Crippen LogP contribution in [0.1, 0.15) is 25.3 Å². The molecule has 2 saturated heterocycles. The summed E-state index contributed by atoms with van der Waals surface area (Å²) in [5.41, 5.74) is 0.852. The molecule has 9 heteroatoms. The first-order chi connectivity index (χ1) is 12.6. The average Bonchev–Trinajstić information content (AvgIpc) is 2.58. The molecule has 2 N–H and O–H groups in total. The summed E-state index contributed by atoms with van der Waals surface area (Å²) >= 11 is 0. The van der Waals surface area contributed by atoms with Crippen molar-refractivity contribution in [1.29, 1.82) is 0 Å². The number of imide groups is 1. The Hall–Kier alpha value is -2.81. The monoisotopic (exact) mass is 357 g/mol. The summed E-state index contributed by atoms with van der Waals surface area (Å²) < 4.78 is 1.08. The molecule has 0 spiro atoms. The van der Waals surface area contributed by atoms with Crippen molar-refractivity contribution in [2.24, 2.45) is 5.92 Å². The number of piperidine rings is 1. The quantitative estimate of drug-likeness (QED) is 0.714. The Bertz CT molecular complexity index is 934. The number of carbonyl (C=O) groups is 2. The minimum absolute atomic E-state index is 0.155. The third-order valence-electron chi connectivity index (χ3n) is 5.03. The molecule has 26 heavy (non-hydrogen) atoms. The molecule has 2 fully saturated rings. The highest BCUT2D eigenvalue weighted by Gasteiger charge is 2.32. The van der Waals surface area contributed by atoms with Crippen molar-refractivity contribution in [1.82, 2.24) is 20.3 Å². The topological polar surface area (TPSA) is 117 Å². The van der Waals surface area contributed by atoms with Crippen LogP contribution < -0.4 is 15.8 Å². The second-order valence-corrected chi connectivity index (χ2v) is 6.76. The molecule has 1 unspecified atom stereocenters. The molecule has 1 atom stereocenters. The van der Waals surface area contributed by atoms with Crippen LogP contribution in [0.25, 0.3) is 10.9 Å². The van der Waals surface area contributed by atoms with Crippen molar-refractivity contribution in [2.45, 2.75) is 25.3 Å². The summed E-state index contributed by atoms with van der Waals surface area (Å²) in [5, 5.41) is 19.7. The first kappa shape index (κ1) is 16.6. The molecule has 0 saturated carbocycles. The Morgan fingerprint density at radius 3 is 2.77 bits per heavy atom. The van der Waals surface area contributed by atoms with Crippen LogP contribution in [0, 0.1) is 5.92 Å². The van der Waals surface area contributed by atoms with Gasteiger partial charge < -0.3 is 10.0 Å². The molecule has 136 valence electrons. The molecule has 3 heterocycles. The van der Waals surface area contributed by atoms with Crippen molar-refractivity contribution in [2.75, 3.05) is 24.6 Å². The number of carbonyl (C=O) groups excluding carboxylic acids is 2. The highest BCUT2D eigenvalue weighted by Crippen LogP contribution is 2.30. The number of fused-ring (bicyclic) bond motifs is 1. The van der Waals surface area contributed by atoms with Gasteiger partial charge >= 0.3 is 0 Å². The molecule has 2 aliphatic rings. The summed E-state index contributed by atoms with van der Waals surface area (Å²) in [6.07, 6.45) is 1.13. The Labute approximate surface area is 148 Å². The largest absolute Gasteiger partial charge is 0.396 e. The lowest BCUT2D eigenvalue weighted by Crippen LogP contribution is -2.48. The van der Waals surface area contributed by atoms with E-state index in [0.29, 0.717) is 16.8 Å². The van der Waals surface area contributed by atoms with E-state index in [-0.39, 0.29) is 30.9 Å². The number of hydrogen-bond donors (Lipinski definition) is 2. The third kappa shape index (κ3) is 2.74. The first-order valence-electron chi connectivity index (χ1n) is 8.66. The van der Waals surface area contributed by atoms with Gasteiger partial charge in [-0.1, -0.05) is 11.3 Å². The van der Waals surface area contributed by atoms with Crippen molar-refractivity contribution < 1.29 is 14.7 Å². The fourth-order valence-electron chi connectivity index (χ4n) is 3.60. The fraction of sp³-hybridized carbons (Fsp3) is 0.471. The Morgan fingerprint density at radius 2 is 2.04 bits per heavy atom. The van der Waals surface area contributed by atoms with Crippen LogP contribution in [0.3, 0.4) is 0 Å². The van der Waals surface area contributed by atoms with E-state index in [4.69, 9.17) is 5.11 Å². The van der Waals surface area contributed by atoms with E-state index in [9.17, 15) is 14.4 Å². The van der Waals surface area contributed by atoms with Gasteiger partial charge in [0.05, 0.1) is 11.1 Å². The summed E-state index contributed by atoms with van der Waals surface area (Å²) in [5.74, 6) is -0.465. The highest BCUT2D eigenvalue weighted by atomic mass is 16.3. The lowest BCUT2D eigenvalue weighted by Gasteiger charge is -2.41. The zero-order valence-electron chi connectivity index (χ0n) is 14.1. The lowest BCUT2D eigenvalue weighted by molar-refractivity contribution is -0.136. The van der Waals surface area contributed by atoms with Gasteiger partial charge in [0.15, 0.2) is 0 Å². The minimum atomic E-state index is -0.830. The van der Waals surface area contributed by atoms with Gasteiger partial charge in [-0.15, -0.1) is 5.10 Å². The molecular weight excluding hydrogens is 338 g/mol. The van der Waals surface area contributed by atoms with Gasteiger partial charge in [-0.05, 0) is 30.9 Å². The maximum Gasteiger partial charge on any atom is 0.280 e. The number of rotatable bonds is 4. The summed E-state index contributed by atoms with van der Waals surface area (Å²) in [4.78, 5) is 38.6. The maximum absolute atomic E-state index is 13.1. The van der Waals surface area contributed by atoms with Gasteiger partial charge in [0.2, 0.25) is 5.91 Å². The van der Waals surface area contributed by atoms with Crippen LogP contribution in [-0.2, 0) is 9.59 Å². The number of nitrogens with one attached hydrogen (secondary N) is 1. The number of anilines is 1. The smallest absolute Gasteiger partial charge is 0.280 e. The van der Waals surface area contributed by atoms with Crippen molar-refractivity contribution in [3.8, 4) is 0 Å². The van der Waals surface area contributed by atoms with Crippen LogP contribution in [0.4, 0.5) is 5.69 Å². The van der Waals surface area contributed by atoms with Gasteiger partial charge in [-0.25, -0.2) is 0 Å². The van der Waals surface area contributed by atoms with E-state index in [1.165, 1.54) is 0 Å². The number of amides is 2. The van der Waals surface area contributed by atoms with Gasteiger partial charge in [0.1, 0.15) is 11.6 Å². The SMILES string of the molecule is O=C1CCC(n2nnc3cccc(N4CC(CCO)C4)c3c2=O)C(=O)N1. The predicted octanol–water partition coefficient (Wildman–Crippen LogP) is -0.412. The Balaban J connectivity index is 1.73. The fourth-order valence-corrected chi connectivity index (χ4v) is 3.60. The molecule has 0 radical (unpaired) electrons. The number of nitrogens with zero attached hydrogens (tertiary/aromatic N) is 4. The van der Waals surface area contributed by atoms with Crippen LogP contribution in [0.2, 0.25) is 0 Å². The maximum atomic E-state index is 13.1. The normalized spacial score (nSPS) is 21.0. The highest BCUT2D eigenvalue weighted by molar-refractivity contribution is 5.99. The number of benzene rings is 1. The van der Waals surface area contributed by atoms with E-state index in [2.05, 4.69) is 20.5 Å². The number of hydrogen-bond acceptors (Lipinski definition) is 7. The van der Waals surface area contributed by atoms with Crippen molar-refractivity contribution in [3.63, 3.8) is 0 Å². The molecule has 0 aliphatic carbocycles. The lowest BCUT2D eigenvalue weighted by atomic mass is 9.95. The molecule has 2 aromatic rings. The molecule has 1 aromatic heterocycles. The van der Waals surface area contributed by atoms with Gasteiger partial charge in [-0.3, -0.25) is 19.7 Å². The molecule has 0 bridgehead atoms. The van der Waals surface area contributed by atoms with E-state index < -0.39 is 11.9 Å². The van der Waals surface area contributed by atoms with Crippen molar-refractivity contribution >= 4 is 28.4 Å². The number of aliphatic hydroxyl groups excluding tert-OH is 1. The molecule has 4 rings (SSSR count). The zero-order valence-corrected chi connectivity index (χ0v) is 14.1. The van der Waals surface area contributed by atoms with Crippen LogP contribution >= 0.6 is 0 Å². The van der Waals surface area contributed by atoms with Gasteiger partial charge in [0.25, 0.3) is 11.5 Å². The summed E-state index contributed by atoms with van der Waals surface area (Å²) in [7, 11) is 0. The molecular formula is C17H19N5O4. The third-order valence-corrected chi connectivity index (χ3v) is 5.03. The average molecular weight is 357 g/mol. The van der Waals surface area contributed by atoms with Gasteiger partial charge in [-0.2, -0.15) is 4.68 Å². The van der Waals surface area contributed by atoms with Crippen LogP contribution in [0.15, 0.2) is 23.0 Å². The van der Waals surface area contributed by atoms with E-state index >= 15 is 0 Å². The number of aliphatic hydroxyl groups is 1. The van der Waals surface area contributed by atoms with Crippen molar-refractivity contribution in [3.05, 3.63) is 28.6 Å². The molecule has 2 aliphatic heterocycles. The van der Waals surface area contributed by atoms with Crippen LogP contribution in [0.5, 0.6) is 0 Å². The van der Waals surface area contributed by atoms with Crippen LogP contribution in [-0.4, -0.2) is 51.6 Å². The minimum Gasteiger partial charge on any atom is -0.396 e. The Morgan fingerprint density at radius 1 is 1.23 bits per heavy atom. The second kappa shape index (κ2) is 6.49. The molecule has 1 aromatic carbocycles. The molecule has 2 amide bonds. The summed E-state index contributed by atoms with van der Waals surface area (Å²) in [6.45, 7) is 1.68. The van der Waals surface area contributed by atoms with Gasteiger partial charge in [0, 0.05) is 26.1 Å². The van der Waals surface area contributed by atoms with E-state index in [1.54, 1.807) is 6.07 Å². The zero-order chi connectivity index (χ0) is 18.3. The van der Waals surface area contributed by atoms with E-state index in [0.717, 1.165) is 29.9 Å². The first-order valence-corrected chi connectivity index (χ1v) is 8.66.